The van der Waals surface area contributed by atoms with Crippen LogP contribution in [0.1, 0.15) is 13.3 Å². The molecule has 0 unspecified atom stereocenters. The number of aliphatic hydroxyl groups is 4. The van der Waals surface area contributed by atoms with Gasteiger partial charge in [-0.2, -0.15) is 0 Å². The van der Waals surface area contributed by atoms with E-state index < -0.39 is 60.7 Å². The second kappa shape index (κ2) is 9.98. The van der Waals surface area contributed by atoms with Gasteiger partial charge in [-0.05, 0) is 17.4 Å². The van der Waals surface area contributed by atoms with Gasteiger partial charge < -0.3 is 29.9 Å². The standard InChI is InChI=1S/C21H30O8/c1-7-21(5)8-15(29-20(27)12(3)14(24)10-23)16(13(4)19(26)28-6)18(25)17(21)11(2)9-22/h7,14-18,22-25H,1-4,8-10H2,5-6H3/t14-,15+,16+,17+,18+,21+/m1/s1. The largest absolute Gasteiger partial charge is 0.466 e. The van der Waals surface area contributed by atoms with Crippen LogP contribution in [0.4, 0.5) is 0 Å². The summed E-state index contributed by atoms with van der Waals surface area (Å²) in [6, 6.07) is 0. The number of allylic oxidation sites excluding steroid dienone is 1. The van der Waals surface area contributed by atoms with Crippen molar-refractivity contribution >= 4 is 11.9 Å². The molecule has 0 bridgehead atoms. The first-order valence-corrected chi connectivity index (χ1v) is 9.05. The third kappa shape index (κ3) is 5.02. The van der Waals surface area contributed by atoms with Crippen molar-refractivity contribution in [3.63, 3.8) is 0 Å². The van der Waals surface area contributed by atoms with Crippen molar-refractivity contribution in [1.29, 1.82) is 0 Å². The molecule has 0 spiro atoms. The lowest BCUT2D eigenvalue weighted by molar-refractivity contribution is -0.162. The first-order chi connectivity index (χ1) is 13.5. The van der Waals surface area contributed by atoms with E-state index in [1.54, 1.807) is 13.0 Å². The molecule has 0 radical (unpaired) electrons. The minimum Gasteiger partial charge on any atom is -0.466 e. The van der Waals surface area contributed by atoms with Crippen LogP contribution < -0.4 is 0 Å². The van der Waals surface area contributed by atoms with Gasteiger partial charge in [-0.1, -0.05) is 32.7 Å². The zero-order valence-corrected chi connectivity index (χ0v) is 16.8. The number of aliphatic hydroxyl groups excluding tert-OH is 4. The Bertz CT molecular complexity index is 697. The second-order valence-corrected chi connectivity index (χ2v) is 7.41. The number of carbonyl (C=O) groups excluding carboxylic acids is 2. The molecule has 0 aromatic heterocycles. The molecular weight excluding hydrogens is 380 g/mol. The number of methoxy groups -OCH3 is 1. The Labute approximate surface area is 170 Å². The Kier molecular flexibility index (Phi) is 8.52. The zero-order chi connectivity index (χ0) is 22.5. The molecule has 0 aliphatic heterocycles. The number of rotatable bonds is 9. The second-order valence-electron chi connectivity index (χ2n) is 7.41. The van der Waals surface area contributed by atoms with Crippen molar-refractivity contribution in [2.24, 2.45) is 17.3 Å². The molecular formula is C21H30O8. The lowest BCUT2D eigenvalue weighted by Crippen LogP contribution is -2.54. The normalized spacial score (nSPS) is 30.0. The van der Waals surface area contributed by atoms with Gasteiger partial charge in [0.05, 0.1) is 37.9 Å². The third-order valence-corrected chi connectivity index (χ3v) is 5.52. The zero-order valence-electron chi connectivity index (χ0n) is 16.8. The van der Waals surface area contributed by atoms with E-state index in [0.717, 1.165) is 7.11 Å². The van der Waals surface area contributed by atoms with E-state index in [0.29, 0.717) is 5.57 Å². The average molecular weight is 410 g/mol. The summed E-state index contributed by atoms with van der Waals surface area (Å²) in [4.78, 5) is 24.5. The Morgan fingerprint density at radius 2 is 1.83 bits per heavy atom. The van der Waals surface area contributed by atoms with Gasteiger partial charge in [-0.25, -0.2) is 9.59 Å². The molecule has 4 N–H and O–H groups in total. The molecule has 0 aromatic carbocycles. The summed E-state index contributed by atoms with van der Waals surface area (Å²) in [5, 5.41) is 39.3. The van der Waals surface area contributed by atoms with Gasteiger partial charge in [-0.15, -0.1) is 6.58 Å². The lowest BCUT2D eigenvalue weighted by Gasteiger charge is -2.50. The summed E-state index contributed by atoms with van der Waals surface area (Å²) in [6.07, 6.45) is -2.17. The summed E-state index contributed by atoms with van der Waals surface area (Å²) in [5.74, 6) is -3.54. The van der Waals surface area contributed by atoms with E-state index in [-0.39, 0.29) is 17.6 Å². The molecule has 8 heteroatoms. The van der Waals surface area contributed by atoms with Crippen molar-refractivity contribution in [3.8, 4) is 0 Å². The van der Waals surface area contributed by atoms with Crippen LogP contribution in [0.5, 0.6) is 0 Å². The molecule has 0 heterocycles. The molecule has 1 saturated carbocycles. The summed E-state index contributed by atoms with van der Waals surface area (Å²) in [6.45, 7) is 15.3. The fraction of sp³-hybridized carbons (Fsp3) is 0.524. The van der Waals surface area contributed by atoms with E-state index in [1.807, 2.05) is 0 Å². The van der Waals surface area contributed by atoms with Crippen molar-refractivity contribution in [2.75, 3.05) is 20.3 Å². The molecule has 0 saturated heterocycles. The van der Waals surface area contributed by atoms with Gasteiger partial charge in [0.15, 0.2) is 0 Å². The molecule has 1 rings (SSSR count). The quantitative estimate of drug-likeness (QED) is 0.242. The van der Waals surface area contributed by atoms with E-state index in [2.05, 4.69) is 26.3 Å². The van der Waals surface area contributed by atoms with E-state index >= 15 is 0 Å². The highest BCUT2D eigenvalue weighted by molar-refractivity contribution is 5.90. The maximum atomic E-state index is 12.4. The van der Waals surface area contributed by atoms with E-state index in [4.69, 9.17) is 14.6 Å². The van der Waals surface area contributed by atoms with Gasteiger partial charge in [0, 0.05) is 11.5 Å². The summed E-state index contributed by atoms with van der Waals surface area (Å²) >= 11 is 0. The van der Waals surface area contributed by atoms with Gasteiger partial charge in [-0.3, -0.25) is 0 Å². The first-order valence-electron chi connectivity index (χ1n) is 9.05. The maximum absolute atomic E-state index is 12.4. The minimum atomic E-state index is -1.51. The molecule has 0 aromatic rings. The Balaban J connectivity index is 3.38. The van der Waals surface area contributed by atoms with Gasteiger partial charge in [0.25, 0.3) is 0 Å². The van der Waals surface area contributed by atoms with Crippen LogP contribution in [0.2, 0.25) is 0 Å². The van der Waals surface area contributed by atoms with Gasteiger partial charge in [0.2, 0.25) is 0 Å². The molecule has 6 atom stereocenters. The molecule has 1 aliphatic rings. The number of hydrogen-bond acceptors (Lipinski definition) is 8. The molecule has 1 aliphatic carbocycles. The molecule has 0 amide bonds. The van der Waals surface area contributed by atoms with Gasteiger partial charge >= 0.3 is 11.9 Å². The van der Waals surface area contributed by atoms with Crippen LogP contribution in [-0.4, -0.2) is 71.0 Å². The Morgan fingerprint density at radius 1 is 1.24 bits per heavy atom. The number of ether oxygens (including phenoxy) is 2. The smallest absolute Gasteiger partial charge is 0.336 e. The highest BCUT2D eigenvalue weighted by Crippen LogP contribution is 2.50. The highest BCUT2D eigenvalue weighted by Gasteiger charge is 2.53. The van der Waals surface area contributed by atoms with Crippen LogP contribution in [0, 0.1) is 17.3 Å². The number of hydrogen-bond donors (Lipinski definition) is 4. The van der Waals surface area contributed by atoms with Crippen molar-refractivity contribution in [1.82, 2.24) is 0 Å². The average Bonchev–Trinajstić information content (AvgIpc) is 2.70. The fourth-order valence-electron chi connectivity index (χ4n) is 3.79. The van der Waals surface area contributed by atoms with Crippen LogP contribution >= 0.6 is 0 Å². The lowest BCUT2D eigenvalue weighted by atomic mass is 9.58. The van der Waals surface area contributed by atoms with Crippen molar-refractivity contribution in [2.45, 2.75) is 31.7 Å². The van der Waals surface area contributed by atoms with Crippen molar-refractivity contribution < 1.29 is 39.5 Å². The Hall–Kier alpha value is -2.26. The maximum Gasteiger partial charge on any atom is 0.336 e. The van der Waals surface area contributed by atoms with Gasteiger partial charge in [0.1, 0.15) is 12.2 Å². The topological polar surface area (TPSA) is 134 Å². The predicted molar refractivity (Wildman–Crippen MR) is 105 cm³/mol. The minimum absolute atomic E-state index is 0.117. The van der Waals surface area contributed by atoms with Crippen LogP contribution in [0.25, 0.3) is 0 Å². The molecule has 162 valence electrons. The summed E-state index contributed by atoms with van der Waals surface area (Å²) < 4.78 is 10.2. The fourth-order valence-corrected chi connectivity index (χ4v) is 3.79. The first kappa shape index (κ1) is 24.8. The molecule has 29 heavy (non-hydrogen) atoms. The Morgan fingerprint density at radius 3 is 2.28 bits per heavy atom. The predicted octanol–water partition coefficient (Wildman–Crippen LogP) is 0.275. The number of carbonyl (C=O) groups is 2. The highest BCUT2D eigenvalue weighted by atomic mass is 16.5. The summed E-state index contributed by atoms with van der Waals surface area (Å²) in [5.41, 5.74) is -0.999. The van der Waals surface area contributed by atoms with E-state index in [1.165, 1.54) is 0 Å². The molecule has 1 fully saturated rings. The SMILES string of the molecule is C=C[C@@]1(C)C[C@H](OC(=O)C(=C)[C@H](O)CO)[C@H](C(=C)C(=O)OC)[C@H](O)[C@@H]1C(=C)CO. The number of esters is 2. The van der Waals surface area contributed by atoms with Crippen LogP contribution in [0.15, 0.2) is 49.1 Å². The monoisotopic (exact) mass is 410 g/mol. The third-order valence-electron chi connectivity index (χ3n) is 5.52. The van der Waals surface area contributed by atoms with Crippen LogP contribution in [-0.2, 0) is 19.1 Å². The van der Waals surface area contributed by atoms with Crippen LogP contribution in [0.3, 0.4) is 0 Å². The van der Waals surface area contributed by atoms with Crippen molar-refractivity contribution in [3.05, 3.63) is 49.1 Å². The molecule has 8 nitrogen and oxygen atoms in total. The van der Waals surface area contributed by atoms with E-state index in [9.17, 15) is 24.9 Å². The summed E-state index contributed by atoms with van der Waals surface area (Å²) in [7, 11) is 1.15.